The Balaban J connectivity index is 2.05. The number of benzene rings is 2. The molecule has 0 fully saturated rings. The number of halogens is 2. The molecule has 7 heteroatoms. The van der Waals surface area contributed by atoms with Crippen molar-refractivity contribution in [1.29, 1.82) is 0 Å². The fourth-order valence-corrected chi connectivity index (χ4v) is 2.81. The van der Waals surface area contributed by atoms with Crippen LogP contribution in [0.3, 0.4) is 0 Å². The van der Waals surface area contributed by atoms with E-state index < -0.39 is 21.7 Å². The van der Waals surface area contributed by atoms with Gasteiger partial charge in [0, 0.05) is 18.0 Å². The van der Waals surface area contributed by atoms with Crippen molar-refractivity contribution in [2.45, 2.75) is 4.90 Å². The number of hydrogen-bond acceptors (Lipinski definition) is 2. The van der Waals surface area contributed by atoms with Crippen LogP contribution in [-0.4, -0.2) is 13.0 Å². The second kappa shape index (κ2) is 5.60. The zero-order valence-corrected chi connectivity index (χ0v) is 12.6. The second-order valence-electron chi connectivity index (χ2n) is 4.93. The van der Waals surface area contributed by atoms with Gasteiger partial charge in [-0.1, -0.05) is 12.1 Å². The molecule has 2 aromatic carbocycles. The summed E-state index contributed by atoms with van der Waals surface area (Å²) in [6, 6.07) is 13.1. The van der Waals surface area contributed by atoms with Crippen LogP contribution in [0.5, 0.6) is 0 Å². The van der Waals surface area contributed by atoms with Crippen LogP contribution in [0.25, 0.3) is 16.9 Å². The number of aromatic nitrogens is 1. The SMILES string of the molecule is NS(=O)(=O)c1ccc(-c2cccn2-c2ccc(F)c(F)c2)cc1. The Hall–Kier alpha value is -2.51. The van der Waals surface area contributed by atoms with Crippen molar-refractivity contribution < 1.29 is 17.2 Å². The van der Waals surface area contributed by atoms with Gasteiger partial charge >= 0.3 is 0 Å². The summed E-state index contributed by atoms with van der Waals surface area (Å²) in [5.41, 5.74) is 1.88. The Morgan fingerprint density at radius 3 is 2.22 bits per heavy atom. The lowest BCUT2D eigenvalue weighted by Gasteiger charge is -2.10. The average molecular weight is 334 g/mol. The van der Waals surface area contributed by atoms with Crippen molar-refractivity contribution in [3.8, 4) is 16.9 Å². The topological polar surface area (TPSA) is 65.1 Å². The molecular formula is C16H12F2N2O2S. The highest BCUT2D eigenvalue weighted by atomic mass is 32.2. The largest absolute Gasteiger partial charge is 0.316 e. The highest BCUT2D eigenvalue weighted by Gasteiger charge is 2.11. The molecule has 0 saturated carbocycles. The third-order valence-corrected chi connectivity index (χ3v) is 4.34. The Morgan fingerprint density at radius 2 is 1.61 bits per heavy atom. The lowest BCUT2D eigenvalue weighted by atomic mass is 10.1. The first-order valence-corrected chi connectivity index (χ1v) is 8.17. The van der Waals surface area contributed by atoms with Crippen molar-refractivity contribution in [3.63, 3.8) is 0 Å². The van der Waals surface area contributed by atoms with E-state index in [1.807, 2.05) is 0 Å². The highest BCUT2D eigenvalue weighted by molar-refractivity contribution is 7.89. The monoisotopic (exact) mass is 334 g/mol. The Kier molecular flexibility index (Phi) is 3.75. The molecule has 0 amide bonds. The molecule has 3 aromatic rings. The minimum absolute atomic E-state index is 0.00665. The molecule has 0 unspecified atom stereocenters. The van der Waals surface area contributed by atoms with E-state index in [2.05, 4.69) is 0 Å². The third kappa shape index (κ3) is 3.01. The summed E-state index contributed by atoms with van der Waals surface area (Å²) in [5.74, 6) is -1.85. The van der Waals surface area contributed by atoms with Gasteiger partial charge in [-0.25, -0.2) is 22.3 Å². The van der Waals surface area contributed by atoms with E-state index in [0.29, 0.717) is 16.9 Å². The molecule has 2 N–H and O–H groups in total. The summed E-state index contributed by atoms with van der Waals surface area (Å²) < 4.78 is 50.7. The van der Waals surface area contributed by atoms with Gasteiger partial charge in [-0.3, -0.25) is 0 Å². The van der Waals surface area contributed by atoms with E-state index in [1.165, 1.54) is 18.2 Å². The molecule has 1 heterocycles. The van der Waals surface area contributed by atoms with Gasteiger partial charge in [0.2, 0.25) is 10.0 Å². The van der Waals surface area contributed by atoms with Crippen LogP contribution >= 0.6 is 0 Å². The van der Waals surface area contributed by atoms with Crippen molar-refractivity contribution >= 4 is 10.0 Å². The van der Waals surface area contributed by atoms with Gasteiger partial charge in [0.1, 0.15) is 0 Å². The maximum absolute atomic E-state index is 13.4. The first kappa shape index (κ1) is 15.4. The molecule has 1 aromatic heterocycles. The molecule has 0 aliphatic rings. The van der Waals surface area contributed by atoms with Crippen LogP contribution < -0.4 is 5.14 Å². The first-order chi connectivity index (χ1) is 10.9. The number of nitrogens with zero attached hydrogens (tertiary/aromatic N) is 1. The fourth-order valence-electron chi connectivity index (χ4n) is 2.29. The number of rotatable bonds is 3. The summed E-state index contributed by atoms with van der Waals surface area (Å²) in [5, 5.41) is 5.07. The van der Waals surface area contributed by atoms with Crippen LogP contribution in [0.2, 0.25) is 0 Å². The van der Waals surface area contributed by atoms with Gasteiger partial charge in [0.15, 0.2) is 11.6 Å². The van der Waals surface area contributed by atoms with Crippen molar-refractivity contribution in [3.05, 3.63) is 72.4 Å². The van der Waals surface area contributed by atoms with Crippen molar-refractivity contribution in [1.82, 2.24) is 4.57 Å². The Labute approximate surface area is 131 Å². The maximum atomic E-state index is 13.4. The molecule has 0 aliphatic heterocycles. The standard InChI is InChI=1S/C16H12F2N2O2S/c17-14-8-5-12(10-15(14)18)20-9-1-2-16(20)11-3-6-13(7-4-11)23(19,21)22/h1-10H,(H2,19,21,22). The summed E-state index contributed by atoms with van der Waals surface area (Å²) in [7, 11) is -3.76. The number of primary sulfonamides is 1. The van der Waals surface area contributed by atoms with E-state index in [-0.39, 0.29) is 4.90 Å². The van der Waals surface area contributed by atoms with Gasteiger partial charge in [-0.2, -0.15) is 0 Å². The number of sulfonamides is 1. The number of nitrogens with two attached hydrogens (primary N) is 1. The number of hydrogen-bond donors (Lipinski definition) is 1. The van der Waals surface area contributed by atoms with E-state index >= 15 is 0 Å². The molecular weight excluding hydrogens is 322 g/mol. The summed E-state index contributed by atoms with van der Waals surface area (Å²) in [4.78, 5) is 0.00665. The van der Waals surface area contributed by atoms with Gasteiger partial charge < -0.3 is 4.57 Å². The predicted molar refractivity (Wildman–Crippen MR) is 82.5 cm³/mol. The normalized spacial score (nSPS) is 11.6. The molecule has 0 spiro atoms. The molecule has 0 saturated heterocycles. The minimum Gasteiger partial charge on any atom is -0.316 e. The van der Waals surface area contributed by atoms with Gasteiger partial charge in [-0.05, 0) is 42.0 Å². The van der Waals surface area contributed by atoms with Crippen LogP contribution in [-0.2, 0) is 10.0 Å². The third-order valence-electron chi connectivity index (χ3n) is 3.41. The molecule has 0 aliphatic carbocycles. The Morgan fingerprint density at radius 1 is 0.913 bits per heavy atom. The van der Waals surface area contributed by atoms with Crippen molar-refractivity contribution in [2.24, 2.45) is 5.14 Å². The lowest BCUT2D eigenvalue weighted by molar-refractivity contribution is 0.508. The molecule has 4 nitrogen and oxygen atoms in total. The van der Waals surface area contributed by atoms with E-state index in [4.69, 9.17) is 5.14 Å². The van der Waals surface area contributed by atoms with E-state index in [9.17, 15) is 17.2 Å². The summed E-state index contributed by atoms with van der Waals surface area (Å²) in [6.07, 6.45) is 1.70. The highest BCUT2D eigenvalue weighted by Crippen LogP contribution is 2.25. The molecule has 118 valence electrons. The fraction of sp³-hybridized carbons (Fsp3) is 0. The molecule has 3 rings (SSSR count). The lowest BCUT2D eigenvalue weighted by Crippen LogP contribution is -2.11. The summed E-state index contributed by atoms with van der Waals surface area (Å²) >= 11 is 0. The molecule has 23 heavy (non-hydrogen) atoms. The molecule has 0 bridgehead atoms. The van der Waals surface area contributed by atoms with Gasteiger partial charge in [0.05, 0.1) is 10.6 Å². The van der Waals surface area contributed by atoms with E-state index in [1.54, 1.807) is 35.0 Å². The van der Waals surface area contributed by atoms with Gasteiger partial charge in [-0.15, -0.1) is 0 Å². The zero-order valence-electron chi connectivity index (χ0n) is 11.8. The van der Waals surface area contributed by atoms with Gasteiger partial charge in [0.25, 0.3) is 0 Å². The smallest absolute Gasteiger partial charge is 0.238 e. The van der Waals surface area contributed by atoms with Crippen molar-refractivity contribution in [2.75, 3.05) is 0 Å². The Bertz CT molecular complexity index is 964. The summed E-state index contributed by atoms with van der Waals surface area (Å²) in [6.45, 7) is 0. The molecule has 0 radical (unpaired) electrons. The first-order valence-electron chi connectivity index (χ1n) is 6.62. The maximum Gasteiger partial charge on any atom is 0.238 e. The molecule has 0 atom stereocenters. The second-order valence-corrected chi connectivity index (χ2v) is 6.49. The average Bonchev–Trinajstić information content (AvgIpc) is 2.99. The van der Waals surface area contributed by atoms with Crippen LogP contribution in [0.1, 0.15) is 0 Å². The van der Waals surface area contributed by atoms with Crippen LogP contribution in [0, 0.1) is 11.6 Å². The van der Waals surface area contributed by atoms with E-state index in [0.717, 1.165) is 12.1 Å². The van der Waals surface area contributed by atoms with Crippen LogP contribution in [0.4, 0.5) is 8.78 Å². The quantitative estimate of drug-likeness (QED) is 0.800. The zero-order chi connectivity index (χ0) is 16.6. The minimum atomic E-state index is -3.76. The van der Waals surface area contributed by atoms with Crippen LogP contribution in [0.15, 0.2) is 65.7 Å². The predicted octanol–water partition coefficient (Wildman–Crippen LogP) is 3.07.